The first-order chi connectivity index (χ1) is 6.57. The lowest BCUT2D eigenvalue weighted by Gasteiger charge is -2.21. The predicted octanol–water partition coefficient (Wildman–Crippen LogP) is 4.58. The van der Waals surface area contributed by atoms with Crippen LogP contribution in [0.3, 0.4) is 0 Å². The average Bonchev–Trinajstić information content (AvgIpc) is 2.18. The number of hydrogen-bond acceptors (Lipinski definition) is 1. The number of allylic oxidation sites excluding steroid dienone is 2. The molecule has 0 aromatic carbocycles. The highest BCUT2D eigenvalue weighted by Gasteiger charge is 2.26. The molecular formula is C9H8Br2FIO. The van der Waals surface area contributed by atoms with E-state index >= 15 is 0 Å². The van der Waals surface area contributed by atoms with Crippen LogP contribution in [0.15, 0.2) is 31.0 Å². The maximum Gasteiger partial charge on any atom is 0.144 e. The van der Waals surface area contributed by atoms with Crippen LogP contribution >= 0.6 is 54.5 Å². The van der Waals surface area contributed by atoms with Gasteiger partial charge in [0.1, 0.15) is 11.9 Å². The van der Waals surface area contributed by atoms with Crippen LogP contribution in [0.1, 0.15) is 6.42 Å². The van der Waals surface area contributed by atoms with Gasteiger partial charge < -0.3 is 4.74 Å². The Morgan fingerprint density at radius 1 is 1.64 bits per heavy atom. The Morgan fingerprint density at radius 3 is 2.86 bits per heavy atom. The van der Waals surface area contributed by atoms with Gasteiger partial charge >= 0.3 is 0 Å². The lowest BCUT2D eigenvalue weighted by Crippen LogP contribution is -2.18. The van der Waals surface area contributed by atoms with Crippen molar-refractivity contribution in [1.29, 1.82) is 0 Å². The van der Waals surface area contributed by atoms with Crippen molar-refractivity contribution in [1.82, 2.24) is 0 Å². The lowest BCUT2D eigenvalue weighted by atomic mass is 10.1. The zero-order chi connectivity index (χ0) is 10.7. The minimum atomic E-state index is -0.504. The van der Waals surface area contributed by atoms with Crippen molar-refractivity contribution in [2.24, 2.45) is 0 Å². The van der Waals surface area contributed by atoms with Crippen molar-refractivity contribution in [3.63, 3.8) is 0 Å². The second-order valence-corrected chi connectivity index (χ2v) is 5.52. The quantitative estimate of drug-likeness (QED) is 0.464. The minimum Gasteiger partial charge on any atom is -0.367 e. The van der Waals surface area contributed by atoms with Crippen LogP contribution in [-0.2, 0) is 4.74 Å². The normalized spacial score (nSPS) is 23.0. The topological polar surface area (TPSA) is 9.23 Å². The number of rotatable bonds is 3. The molecule has 0 aromatic rings. The smallest absolute Gasteiger partial charge is 0.144 e. The van der Waals surface area contributed by atoms with Crippen molar-refractivity contribution in [2.45, 2.75) is 12.5 Å². The molecule has 1 unspecified atom stereocenters. The van der Waals surface area contributed by atoms with Crippen LogP contribution in [0, 0.1) is 0 Å². The van der Waals surface area contributed by atoms with E-state index in [2.05, 4.69) is 61.0 Å². The summed E-state index contributed by atoms with van der Waals surface area (Å²) in [6.07, 6.45) is 1.64. The molecule has 0 N–H and O–H groups in total. The Hall–Kier alpha value is 0.800. The van der Waals surface area contributed by atoms with E-state index < -0.39 is 6.10 Å². The van der Waals surface area contributed by atoms with E-state index in [9.17, 15) is 4.39 Å². The van der Waals surface area contributed by atoms with Gasteiger partial charge in [-0.1, -0.05) is 22.0 Å². The second kappa shape index (κ2) is 5.77. The Kier molecular flexibility index (Phi) is 5.30. The average molecular weight is 438 g/mol. The van der Waals surface area contributed by atoms with E-state index in [1.165, 1.54) is 0 Å². The molecule has 0 spiro atoms. The van der Waals surface area contributed by atoms with Gasteiger partial charge in [-0.3, -0.25) is 0 Å². The molecule has 0 radical (unpaired) electrons. The molecule has 1 aliphatic rings. The van der Waals surface area contributed by atoms with Crippen molar-refractivity contribution >= 4 is 54.5 Å². The maximum atomic E-state index is 13.6. The van der Waals surface area contributed by atoms with E-state index in [0.717, 1.165) is 8.06 Å². The third kappa shape index (κ3) is 2.90. The fraction of sp³-hybridized carbons (Fsp3) is 0.333. The summed E-state index contributed by atoms with van der Waals surface area (Å²) in [4.78, 5) is 0. The molecule has 0 saturated heterocycles. The minimum absolute atomic E-state index is 0.251. The van der Waals surface area contributed by atoms with Gasteiger partial charge in [-0.15, -0.1) is 6.58 Å². The molecule has 0 aliphatic heterocycles. The van der Waals surface area contributed by atoms with Gasteiger partial charge in [0.15, 0.2) is 0 Å². The molecule has 5 heteroatoms. The van der Waals surface area contributed by atoms with Crippen molar-refractivity contribution in [3.8, 4) is 0 Å². The fourth-order valence-electron chi connectivity index (χ4n) is 1.02. The largest absolute Gasteiger partial charge is 0.367 e. The summed E-state index contributed by atoms with van der Waals surface area (Å²) >= 11 is 8.67. The van der Waals surface area contributed by atoms with Gasteiger partial charge in [-0.25, -0.2) is 4.39 Å². The monoisotopic (exact) mass is 436 g/mol. The van der Waals surface area contributed by atoms with E-state index in [1.54, 1.807) is 6.08 Å². The van der Waals surface area contributed by atoms with Gasteiger partial charge in [-0.2, -0.15) is 0 Å². The molecule has 1 nitrogen and oxygen atoms in total. The van der Waals surface area contributed by atoms with Crippen LogP contribution in [0.4, 0.5) is 4.39 Å². The second-order valence-electron chi connectivity index (χ2n) is 2.70. The third-order valence-corrected chi connectivity index (χ3v) is 5.87. The van der Waals surface area contributed by atoms with E-state index in [4.69, 9.17) is 4.74 Å². The Morgan fingerprint density at radius 2 is 2.29 bits per heavy atom. The molecule has 0 amide bonds. The summed E-state index contributed by atoms with van der Waals surface area (Å²) in [5.41, 5.74) is 0. The summed E-state index contributed by atoms with van der Waals surface area (Å²) in [6, 6.07) is 0. The van der Waals surface area contributed by atoms with Crippen molar-refractivity contribution < 1.29 is 9.13 Å². The zero-order valence-corrected chi connectivity index (χ0v) is 12.5. The van der Waals surface area contributed by atoms with Crippen LogP contribution in [0.5, 0.6) is 0 Å². The Bertz CT molecular complexity index is 312. The molecule has 1 atom stereocenters. The standard InChI is InChI=1S/C9H8Br2FIO/c1-2-3-14-6-4-5(10)9(13)7(11)8(6)12/h2,6H,1,3-4H2. The molecule has 0 saturated carbocycles. The highest BCUT2D eigenvalue weighted by Crippen LogP contribution is 2.41. The summed E-state index contributed by atoms with van der Waals surface area (Å²) in [6.45, 7) is 3.88. The summed E-state index contributed by atoms with van der Waals surface area (Å²) in [5, 5.41) is 0. The molecule has 0 heterocycles. The summed E-state index contributed by atoms with van der Waals surface area (Å²) in [7, 11) is 0. The number of ether oxygens (including phenoxy) is 1. The van der Waals surface area contributed by atoms with Crippen molar-refractivity contribution in [2.75, 3.05) is 6.61 Å². The molecule has 1 aliphatic carbocycles. The Balaban J connectivity index is 2.82. The van der Waals surface area contributed by atoms with Gasteiger partial charge in [-0.05, 0) is 38.5 Å². The first-order valence-electron chi connectivity index (χ1n) is 3.90. The van der Waals surface area contributed by atoms with Gasteiger partial charge in [0.2, 0.25) is 0 Å². The highest BCUT2D eigenvalue weighted by atomic mass is 127. The molecule has 0 fully saturated rings. The maximum absolute atomic E-state index is 13.6. The molecule has 0 bridgehead atoms. The fourth-order valence-corrected chi connectivity index (χ4v) is 2.75. The van der Waals surface area contributed by atoms with Gasteiger partial charge in [0.05, 0.1) is 11.1 Å². The molecule has 1 rings (SSSR count). The van der Waals surface area contributed by atoms with Crippen molar-refractivity contribution in [3.05, 3.63) is 31.0 Å². The SMILES string of the molecule is C=CCOC1CC(Br)=C(I)C(Br)=C1F. The van der Waals surface area contributed by atoms with Crippen LogP contribution in [0.25, 0.3) is 0 Å². The zero-order valence-electron chi connectivity index (χ0n) is 7.20. The first-order valence-corrected chi connectivity index (χ1v) is 6.56. The summed E-state index contributed by atoms with van der Waals surface area (Å²) < 4.78 is 21.2. The predicted molar refractivity (Wildman–Crippen MR) is 71.6 cm³/mol. The highest BCUT2D eigenvalue weighted by molar-refractivity contribution is 14.1. The number of halogens is 4. The first kappa shape index (κ1) is 12.9. The Labute approximate surface area is 113 Å². The van der Waals surface area contributed by atoms with Crippen LogP contribution in [-0.4, -0.2) is 12.7 Å². The molecule has 78 valence electrons. The van der Waals surface area contributed by atoms with Crippen LogP contribution in [0.2, 0.25) is 0 Å². The van der Waals surface area contributed by atoms with E-state index in [1.807, 2.05) is 0 Å². The van der Waals surface area contributed by atoms with E-state index in [-0.39, 0.29) is 5.83 Å². The molecule has 14 heavy (non-hydrogen) atoms. The molecule has 0 aromatic heterocycles. The van der Waals surface area contributed by atoms with Gasteiger partial charge in [0.25, 0.3) is 0 Å². The third-order valence-electron chi connectivity index (χ3n) is 1.70. The van der Waals surface area contributed by atoms with Crippen LogP contribution < -0.4 is 0 Å². The number of hydrogen-bond donors (Lipinski definition) is 0. The van der Waals surface area contributed by atoms with E-state index in [0.29, 0.717) is 17.5 Å². The lowest BCUT2D eigenvalue weighted by molar-refractivity contribution is 0.0842. The van der Waals surface area contributed by atoms with Gasteiger partial charge in [0, 0.05) is 14.5 Å². The molecular weight excluding hydrogens is 430 g/mol. The summed E-state index contributed by atoms with van der Waals surface area (Å²) in [5.74, 6) is -0.251.